The molecule has 0 amide bonds. The summed E-state index contributed by atoms with van der Waals surface area (Å²) in [7, 11) is 0. The summed E-state index contributed by atoms with van der Waals surface area (Å²) >= 11 is 0. The lowest BCUT2D eigenvalue weighted by Gasteiger charge is -2.41. The maximum Gasteiger partial charge on any atom is 0.409 e. The average molecular weight is 481 g/mol. The molecule has 5 heteroatoms. The van der Waals surface area contributed by atoms with Gasteiger partial charge in [-0.15, -0.1) is 6.58 Å². The number of allylic oxidation sites excluding steroid dienone is 2. The van der Waals surface area contributed by atoms with Crippen LogP contribution in [-0.2, 0) is 0 Å². The van der Waals surface area contributed by atoms with Crippen LogP contribution >= 0.6 is 0 Å². The third-order valence-electron chi connectivity index (χ3n) is 9.08. The van der Waals surface area contributed by atoms with Crippen LogP contribution in [0.5, 0.6) is 0 Å². The number of alkyl halides is 3. The van der Waals surface area contributed by atoms with E-state index in [0.717, 1.165) is 49.4 Å². The van der Waals surface area contributed by atoms with Gasteiger partial charge in [0.1, 0.15) is 11.6 Å². The third-order valence-corrected chi connectivity index (χ3v) is 9.08. The minimum Gasteiger partial charge on any atom is -0.206 e. The molecule has 0 aliphatic heterocycles. The summed E-state index contributed by atoms with van der Waals surface area (Å²) in [6, 6.07) is 2.47. The molecule has 0 atom stereocenters. The van der Waals surface area contributed by atoms with Gasteiger partial charge >= 0.3 is 6.18 Å². The van der Waals surface area contributed by atoms with E-state index < -0.39 is 23.4 Å². The van der Waals surface area contributed by atoms with Gasteiger partial charge in [0.2, 0.25) is 0 Å². The van der Waals surface area contributed by atoms with Crippen molar-refractivity contribution in [3.63, 3.8) is 0 Å². The SMILES string of the molecule is C=CC1CCC(C2CCC(C3CCC(c4cc(F)c(/C=C/C(F)(F)F)c(F)c4)CC3)CC2)CC1. The molecule has 4 rings (SSSR count). The third kappa shape index (κ3) is 6.31. The van der Waals surface area contributed by atoms with E-state index in [0.29, 0.717) is 17.6 Å². The highest BCUT2D eigenvalue weighted by atomic mass is 19.4. The molecule has 0 aromatic heterocycles. The van der Waals surface area contributed by atoms with Gasteiger partial charge in [0.15, 0.2) is 0 Å². The summed E-state index contributed by atoms with van der Waals surface area (Å²) < 4.78 is 65.9. The minimum absolute atomic E-state index is 0.0808. The monoisotopic (exact) mass is 480 g/mol. The molecule has 0 spiro atoms. The molecular weight excluding hydrogens is 443 g/mol. The molecule has 3 aliphatic carbocycles. The largest absolute Gasteiger partial charge is 0.409 e. The molecule has 34 heavy (non-hydrogen) atoms. The maximum absolute atomic E-state index is 14.4. The van der Waals surface area contributed by atoms with Crippen molar-refractivity contribution in [3.8, 4) is 0 Å². The first-order valence-electron chi connectivity index (χ1n) is 13.1. The van der Waals surface area contributed by atoms with E-state index in [1.54, 1.807) is 0 Å². The zero-order valence-corrected chi connectivity index (χ0v) is 19.9. The fourth-order valence-corrected chi connectivity index (χ4v) is 7.04. The van der Waals surface area contributed by atoms with Gasteiger partial charge in [0.25, 0.3) is 0 Å². The molecule has 0 heterocycles. The first-order valence-corrected chi connectivity index (χ1v) is 13.1. The highest BCUT2D eigenvalue weighted by molar-refractivity contribution is 5.52. The Morgan fingerprint density at radius 1 is 0.676 bits per heavy atom. The molecule has 3 saturated carbocycles. The molecule has 3 fully saturated rings. The van der Waals surface area contributed by atoms with Crippen molar-refractivity contribution in [2.45, 2.75) is 89.1 Å². The van der Waals surface area contributed by atoms with Crippen molar-refractivity contribution in [2.24, 2.45) is 29.6 Å². The Balaban J connectivity index is 1.27. The summed E-state index contributed by atoms with van der Waals surface area (Å²) in [5.41, 5.74) is -0.0408. The van der Waals surface area contributed by atoms with Crippen LogP contribution in [-0.4, -0.2) is 6.18 Å². The van der Waals surface area contributed by atoms with E-state index >= 15 is 0 Å². The summed E-state index contributed by atoms with van der Waals surface area (Å²) in [5.74, 6) is 2.20. The first kappa shape index (κ1) is 25.4. The minimum atomic E-state index is -4.60. The Labute approximate surface area is 200 Å². The number of hydrogen-bond acceptors (Lipinski definition) is 0. The molecule has 1 aromatic carbocycles. The van der Waals surface area contributed by atoms with Crippen LogP contribution in [0.25, 0.3) is 6.08 Å². The predicted octanol–water partition coefficient (Wildman–Crippen LogP) is 9.61. The van der Waals surface area contributed by atoms with Crippen LogP contribution < -0.4 is 0 Å². The summed E-state index contributed by atoms with van der Waals surface area (Å²) in [4.78, 5) is 0. The zero-order chi connectivity index (χ0) is 24.3. The van der Waals surface area contributed by atoms with Gasteiger partial charge in [-0.2, -0.15) is 13.2 Å². The summed E-state index contributed by atoms with van der Waals surface area (Å²) in [5, 5.41) is 0. The second-order valence-corrected chi connectivity index (χ2v) is 11.0. The molecule has 188 valence electrons. The Hall–Kier alpha value is -1.65. The molecule has 0 unspecified atom stereocenters. The molecule has 1 aromatic rings. The highest BCUT2D eigenvalue weighted by Gasteiger charge is 2.35. The lowest BCUT2D eigenvalue weighted by atomic mass is 9.64. The Bertz CT molecular complexity index is 823. The van der Waals surface area contributed by atoms with Crippen LogP contribution in [0.2, 0.25) is 0 Å². The van der Waals surface area contributed by atoms with Gasteiger partial charge in [-0.1, -0.05) is 6.08 Å². The van der Waals surface area contributed by atoms with Crippen LogP contribution in [0.3, 0.4) is 0 Å². The second kappa shape index (κ2) is 11.0. The number of rotatable bonds is 5. The molecule has 0 nitrogen and oxygen atoms in total. The Morgan fingerprint density at radius 2 is 1.09 bits per heavy atom. The van der Waals surface area contributed by atoms with Crippen molar-refractivity contribution >= 4 is 6.08 Å². The van der Waals surface area contributed by atoms with Gasteiger partial charge in [0, 0.05) is 11.6 Å². The molecule has 0 bridgehead atoms. The highest BCUT2D eigenvalue weighted by Crippen LogP contribution is 2.47. The Morgan fingerprint density at radius 3 is 1.50 bits per heavy atom. The van der Waals surface area contributed by atoms with Crippen LogP contribution in [0.15, 0.2) is 30.9 Å². The van der Waals surface area contributed by atoms with E-state index in [4.69, 9.17) is 0 Å². The number of hydrogen-bond donors (Lipinski definition) is 0. The van der Waals surface area contributed by atoms with Crippen molar-refractivity contribution in [3.05, 3.63) is 53.6 Å². The Kier molecular flexibility index (Phi) is 8.20. The lowest BCUT2D eigenvalue weighted by Crippen LogP contribution is -2.29. The lowest BCUT2D eigenvalue weighted by molar-refractivity contribution is -0.0790. The zero-order valence-electron chi connectivity index (χ0n) is 19.9. The predicted molar refractivity (Wildman–Crippen MR) is 127 cm³/mol. The second-order valence-electron chi connectivity index (χ2n) is 11.0. The van der Waals surface area contributed by atoms with Gasteiger partial charge < -0.3 is 0 Å². The smallest absolute Gasteiger partial charge is 0.206 e. The molecule has 0 saturated heterocycles. The van der Waals surface area contributed by atoms with Gasteiger partial charge in [-0.3, -0.25) is 0 Å². The average Bonchev–Trinajstić information content (AvgIpc) is 2.83. The summed E-state index contributed by atoms with van der Waals surface area (Å²) in [6.45, 7) is 3.96. The van der Waals surface area contributed by atoms with E-state index in [1.807, 2.05) is 0 Å². The maximum atomic E-state index is 14.4. The van der Waals surface area contributed by atoms with Crippen molar-refractivity contribution < 1.29 is 22.0 Å². The van der Waals surface area contributed by atoms with E-state index in [1.165, 1.54) is 63.5 Å². The van der Waals surface area contributed by atoms with Crippen molar-refractivity contribution in [2.75, 3.05) is 0 Å². The van der Waals surface area contributed by atoms with Crippen LogP contribution in [0, 0.1) is 41.2 Å². The standard InChI is InChI=1S/C29H37F5/c1-2-19-3-5-20(6-4-19)21-7-9-22(10-8-21)23-11-13-24(14-12-23)25-17-27(30)26(28(31)18-25)15-16-29(32,33)34/h2,15-24H,1,3-14H2/b16-15+. The van der Waals surface area contributed by atoms with E-state index in [2.05, 4.69) is 12.7 Å². The normalized spacial score (nSPS) is 33.2. The van der Waals surface area contributed by atoms with Crippen LogP contribution in [0.4, 0.5) is 22.0 Å². The molecule has 0 N–H and O–H groups in total. The number of benzene rings is 1. The van der Waals surface area contributed by atoms with E-state index in [-0.39, 0.29) is 12.0 Å². The molecule has 0 radical (unpaired) electrons. The van der Waals surface area contributed by atoms with Crippen molar-refractivity contribution in [1.29, 1.82) is 0 Å². The topological polar surface area (TPSA) is 0 Å². The van der Waals surface area contributed by atoms with E-state index in [9.17, 15) is 22.0 Å². The van der Waals surface area contributed by atoms with Crippen molar-refractivity contribution in [1.82, 2.24) is 0 Å². The van der Waals surface area contributed by atoms with Crippen LogP contribution in [0.1, 0.15) is 94.1 Å². The fourth-order valence-electron chi connectivity index (χ4n) is 7.04. The van der Waals surface area contributed by atoms with Gasteiger partial charge in [-0.25, -0.2) is 8.78 Å². The quantitative estimate of drug-likeness (QED) is 0.291. The molecular formula is C29H37F5. The van der Waals surface area contributed by atoms with Gasteiger partial charge in [0.05, 0.1) is 0 Å². The first-order chi connectivity index (χ1) is 16.2. The fraction of sp³-hybridized carbons (Fsp3) is 0.655. The molecule has 3 aliphatic rings. The van der Waals surface area contributed by atoms with Gasteiger partial charge in [-0.05, 0) is 136 Å². The number of halogens is 5. The summed E-state index contributed by atoms with van der Waals surface area (Å²) in [6.07, 6.45) is 12.5.